The summed E-state index contributed by atoms with van der Waals surface area (Å²) in [7, 11) is 0. The van der Waals surface area contributed by atoms with Gasteiger partial charge in [0.05, 0.1) is 30.0 Å². The number of hydrogen-bond donors (Lipinski definition) is 1. The first kappa shape index (κ1) is 121. The van der Waals surface area contributed by atoms with Gasteiger partial charge in [-0.1, -0.05) is 323 Å². The second-order valence-electron chi connectivity index (χ2n) is 37.6. The van der Waals surface area contributed by atoms with Crippen LogP contribution < -0.4 is 5.56 Å². The number of carbonyl (C=O) groups is 3. The molecule has 1 N–H and O–H groups in total. The maximum absolute atomic E-state index is 11.1. The van der Waals surface area contributed by atoms with Crippen molar-refractivity contribution in [1.82, 2.24) is 91.6 Å². The summed E-state index contributed by atoms with van der Waals surface area (Å²) in [6.07, 6.45) is 14.1. The molecule has 0 amide bonds. The van der Waals surface area contributed by atoms with Gasteiger partial charge in [-0.3, -0.25) is 29.3 Å². The average molecular weight is 2090 g/mol. The monoisotopic (exact) mass is 2090 g/mol. The standard InChI is InChI=1S/2C12H13NO.C11H12N2O.C10H11N3OS.2C10H11N3S.C9H13NO3.2C8H11NO2.2C8H13NO.C8H12O/c1-9(2)12-13-11(8-14-12)10-6-4-3-5-7-10;1-9(2)12-8-11(13-14-12)10-6-4-3-5-7-10;1-8(2)11-7-10(13-14-11)9-5-3-4-6-12-9;1-6(2)9-12-13-10(15-9)7-3-4-11-8(14)5-7;1-7(2)9-12-13-10(14-9)8-4-3-5-11-6-8;1-7(2)9-12-13-10(14-9)8-5-3-4-6-11-8;1-4-12-9(11)7-5-8(6(2)3)13-10-7;2*1-5(2)8-4-7(6(3)10)9-11-8;2*1-4-7-5-8(6(2)3)10-9-7;1-6(2)8-7(3)4-5-9-8/h2*3-9H,1-2H3;3-8H,1-2H3;3-6H,1-2H3,(H,11,14);2*3-7H,1-2H3;5-6H,4H2,1-3H3;2*4-5H,1-3H3;2*5-6H,4H2,1-3H3;4-6H,1-3H3. The number of carbonyl (C=O) groups excluding carboxylic acids is 3. The Hall–Kier alpha value is -14.7. The highest BCUT2D eigenvalue weighted by Gasteiger charge is 2.20. The number of rotatable bonds is 24. The summed E-state index contributed by atoms with van der Waals surface area (Å²) in [5, 5.41) is 57.0. The normalized spacial score (nSPS) is 10.7. The number of nitrogens with one attached hydrogen (secondary N) is 1. The minimum absolute atomic E-state index is 0.0550. The Kier molecular flexibility index (Phi) is 51.3. The molecule has 0 aliphatic heterocycles. The van der Waals surface area contributed by atoms with Crippen LogP contribution in [0.4, 0.5) is 0 Å². The molecule has 2 aromatic carbocycles. The van der Waals surface area contributed by atoms with Crippen LogP contribution in [-0.2, 0) is 17.6 Å². The lowest BCUT2D eigenvalue weighted by Crippen LogP contribution is -2.04. The van der Waals surface area contributed by atoms with E-state index in [0.29, 0.717) is 77.0 Å². The van der Waals surface area contributed by atoms with E-state index < -0.39 is 5.97 Å². The molecule has 0 saturated carbocycles. The summed E-state index contributed by atoms with van der Waals surface area (Å²) >= 11 is 4.77. The number of aromatic nitrogens is 18. The van der Waals surface area contributed by atoms with Crippen molar-refractivity contribution in [2.75, 3.05) is 6.61 Å². The quantitative estimate of drug-likeness (QED) is 0.0433. The fourth-order valence-electron chi connectivity index (χ4n) is 11.9. The number of furan rings is 1. The van der Waals surface area contributed by atoms with Gasteiger partial charge in [0.1, 0.15) is 112 Å². The van der Waals surface area contributed by atoms with Crippen LogP contribution in [0.15, 0.2) is 259 Å². The Morgan fingerprint density at radius 1 is 0.349 bits per heavy atom. The molecule has 0 atom stereocenters. The maximum atomic E-state index is 11.1. The number of ketones is 2. The smallest absolute Gasteiger partial charge is 0.360 e. The van der Waals surface area contributed by atoms with Crippen LogP contribution in [0.5, 0.6) is 0 Å². The van der Waals surface area contributed by atoms with E-state index in [0.717, 1.165) is 151 Å². The number of aromatic amines is 1. The zero-order chi connectivity index (χ0) is 109. The van der Waals surface area contributed by atoms with E-state index in [-0.39, 0.29) is 40.6 Å². The van der Waals surface area contributed by atoms with Gasteiger partial charge in [0, 0.05) is 187 Å². The lowest BCUT2D eigenvalue weighted by Gasteiger charge is -1.99. The lowest BCUT2D eigenvalue weighted by molar-refractivity contribution is 0.0514. The Morgan fingerprint density at radius 3 is 1.09 bits per heavy atom. The van der Waals surface area contributed by atoms with E-state index in [1.165, 1.54) is 36.8 Å². The van der Waals surface area contributed by atoms with Crippen molar-refractivity contribution in [2.45, 2.75) is 292 Å². The molecule has 18 aromatic rings. The first-order chi connectivity index (χ1) is 71.1. The van der Waals surface area contributed by atoms with E-state index in [1.54, 1.807) is 85.1 Å². The predicted octanol–water partition coefficient (Wildman–Crippen LogP) is 30.7. The first-order valence-electron chi connectivity index (χ1n) is 50.0. The third-order valence-electron chi connectivity index (χ3n) is 20.8. The third-order valence-corrected chi connectivity index (χ3v) is 24.6. The van der Waals surface area contributed by atoms with Crippen molar-refractivity contribution in [3.05, 3.63) is 325 Å². The van der Waals surface area contributed by atoms with Gasteiger partial charge < -0.3 is 50.2 Å². The maximum Gasteiger partial charge on any atom is 0.360 e. The molecular weight excluding hydrogens is 1940 g/mol. The largest absolute Gasteiger partial charge is 0.469 e. The molecule has 0 spiro atoms. The molecule has 0 saturated heterocycles. The molecule has 792 valence electrons. The molecule has 16 aromatic heterocycles. The summed E-state index contributed by atoms with van der Waals surface area (Å²) in [6, 6.07) is 53.9. The minimum Gasteiger partial charge on any atom is -0.469 e. The summed E-state index contributed by atoms with van der Waals surface area (Å²) in [5.41, 5.74) is 12.7. The fraction of sp³-hybridized carbons (Fsp3) is 0.395. The number of nitrogens with zero attached hydrogens (tertiary/aromatic N) is 17. The molecule has 32 nitrogen and oxygen atoms in total. The second kappa shape index (κ2) is 63.1. The zero-order valence-electron chi connectivity index (χ0n) is 91.3. The third kappa shape index (κ3) is 41.5. The fourth-order valence-corrected chi connectivity index (χ4v) is 14.4. The number of aryl methyl sites for hydroxylation is 3. The van der Waals surface area contributed by atoms with Crippen LogP contribution in [0.1, 0.15) is 387 Å². The van der Waals surface area contributed by atoms with E-state index in [2.05, 4.69) is 237 Å². The van der Waals surface area contributed by atoms with Gasteiger partial charge in [0.2, 0.25) is 5.56 Å². The molecule has 0 unspecified atom stereocenters. The number of oxazole rings is 1. The van der Waals surface area contributed by atoms with E-state index in [1.807, 2.05) is 193 Å². The van der Waals surface area contributed by atoms with Crippen LogP contribution in [0.3, 0.4) is 0 Å². The van der Waals surface area contributed by atoms with Crippen molar-refractivity contribution >= 4 is 51.5 Å². The van der Waals surface area contributed by atoms with Crippen LogP contribution in [-0.4, -0.2) is 116 Å². The summed E-state index contributed by atoms with van der Waals surface area (Å²) in [5.74, 6) is 11.9. The number of hydrogen-bond acceptors (Lipinski definition) is 34. The van der Waals surface area contributed by atoms with Crippen molar-refractivity contribution in [1.29, 1.82) is 0 Å². The number of pyridine rings is 4. The Balaban J connectivity index is 0.000000221. The summed E-state index contributed by atoms with van der Waals surface area (Å²) < 4.78 is 50.7. The van der Waals surface area contributed by atoms with Crippen LogP contribution in [0.2, 0.25) is 0 Å². The number of benzene rings is 2. The van der Waals surface area contributed by atoms with E-state index in [4.69, 9.17) is 45.2 Å². The van der Waals surface area contributed by atoms with Crippen LogP contribution in [0.25, 0.3) is 65.7 Å². The van der Waals surface area contributed by atoms with Crippen molar-refractivity contribution in [3.8, 4) is 65.7 Å². The summed E-state index contributed by atoms with van der Waals surface area (Å²) in [4.78, 5) is 63.2. The number of H-pyrrole nitrogens is 1. The molecular formula is C114H144N18O14S3. The average Bonchev–Trinajstić information content (AvgIpc) is 1.73. The van der Waals surface area contributed by atoms with Gasteiger partial charge in [0.25, 0.3) is 0 Å². The molecule has 0 aliphatic rings. The number of esters is 1. The molecule has 0 radical (unpaired) electrons. The van der Waals surface area contributed by atoms with Gasteiger partial charge in [-0.25, -0.2) is 9.78 Å². The Morgan fingerprint density at radius 2 is 0.745 bits per heavy atom. The second-order valence-corrected chi connectivity index (χ2v) is 40.7. The summed E-state index contributed by atoms with van der Waals surface area (Å²) in [6.45, 7) is 60.9. The van der Waals surface area contributed by atoms with Gasteiger partial charge in [-0.15, -0.1) is 30.6 Å². The minimum atomic E-state index is -0.432. The van der Waals surface area contributed by atoms with E-state index >= 15 is 0 Å². The highest BCUT2D eigenvalue weighted by atomic mass is 32.1. The van der Waals surface area contributed by atoms with Gasteiger partial charge in [-0.05, 0) is 80.8 Å². The van der Waals surface area contributed by atoms with Gasteiger partial charge in [0.15, 0.2) is 28.2 Å². The van der Waals surface area contributed by atoms with Gasteiger partial charge >= 0.3 is 5.97 Å². The predicted molar refractivity (Wildman–Crippen MR) is 586 cm³/mol. The molecule has 16 heterocycles. The first-order valence-corrected chi connectivity index (χ1v) is 52.5. The molecule has 35 heteroatoms. The highest BCUT2D eigenvalue weighted by Crippen LogP contribution is 2.32. The van der Waals surface area contributed by atoms with Crippen molar-refractivity contribution in [3.63, 3.8) is 0 Å². The molecule has 0 aliphatic carbocycles. The van der Waals surface area contributed by atoms with Crippen molar-refractivity contribution < 1.29 is 59.6 Å². The lowest BCUT2D eigenvalue weighted by atomic mass is 10.1. The molecule has 18 rings (SSSR count). The Labute approximate surface area is 885 Å². The zero-order valence-corrected chi connectivity index (χ0v) is 93.7. The molecule has 0 fully saturated rings. The molecule has 0 bridgehead atoms. The SMILES string of the molecule is CC(=O)c1cc(C(C)C)on1.CC(=O)c1cc(C(C)C)on1.CC(C)c1cc(-c2ccccc2)no1.CC(C)c1cc(-c2ccccn2)no1.CC(C)c1nc(-c2ccccc2)co1.CC(C)c1nnc(-c2cc[nH]c(=O)c2)s1.CC(C)c1nnc(-c2ccccn2)s1.CC(C)c1nnc(-c2cccnc2)s1.CCOC(=O)c1cc(C(C)C)on1.CCc1cc(C(C)C)on1.CCc1cc(C(C)C)on1.Cc1ccoc1C(C)C. The molecule has 149 heavy (non-hydrogen) atoms. The number of Topliss-reactive ketones (excluding diaryl/α,β-unsaturated/α-hetero) is 2. The van der Waals surface area contributed by atoms with E-state index in [9.17, 15) is 19.2 Å². The topological polar surface area (TPSA) is 431 Å². The Bertz CT molecular complexity index is 6270. The van der Waals surface area contributed by atoms with Crippen LogP contribution >= 0.6 is 34.0 Å². The number of ether oxygens (including phenoxy) is 1. The van der Waals surface area contributed by atoms with Crippen LogP contribution in [0, 0.1) is 6.92 Å². The highest BCUT2D eigenvalue weighted by molar-refractivity contribution is 7.15. The van der Waals surface area contributed by atoms with Gasteiger partial charge in [-0.2, -0.15) is 0 Å². The van der Waals surface area contributed by atoms with Crippen molar-refractivity contribution in [2.24, 2.45) is 0 Å².